The van der Waals surface area contributed by atoms with Crippen molar-refractivity contribution in [1.82, 2.24) is 9.55 Å². The highest BCUT2D eigenvalue weighted by molar-refractivity contribution is 6.39. The molecular weight excluding hydrogens is 296 g/mol. The molecule has 1 fully saturated rings. The van der Waals surface area contributed by atoms with Gasteiger partial charge in [0, 0.05) is 18.0 Å². The number of aromatic nitrogens is 2. The number of nitrogens with one attached hydrogen (secondary N) is 1. The van der Waals surface area contributed by atoms with E-state index in [-0.39, 0.29) is 5.56 Å². The molecule has 0 unspecified atom stereocenters. The van der Waals surface area contributed by atoms with E-state index in [1.807, 2.05) is 4.98 Å². The number of nitrogens with zero attached hydrogens (tertiary/aromatic N) is 1. The van der Waals surface area contributed by atoms with E-state index >= 15 is 0 Å². The van der Waals surface area contributed by atoms with Crippen LogP contribution in [0.4, 0.5) is 4.39 Å². The maximum absolute atomic E-state index is 14.4. The van der Waals surface area contributed by atoms with Gasteiger partial charge in [-0.2, -0.15) is 0 Å². The lowest BCUT2D eigenvalue weighted by Crippen LogP contribution is -2.55. The Hall–Kier alpha value is -1.36. The summed E-state index contributed by atoms with van der Waals surface area (Å²) in [5, 5.41) is 25.3. The Balaban J connectivity index is 2.57. The first-order valence-corrected chi connectivity index (χ1v) is 6.07. The second kappa shape index (κ2) is 5.09. The summed E-state index contributed by atoms with van der Waals surface area (Å²) >= 11 is 0. The molecule has 4 N–H and O–H groups in total. The first-order valence-electron chi connectivity index (χ1n) is 6.07. The molecule has 0 spiro atoms. The quantitative estimate of drug-likeness (QED) is 0.425. The average molecular weight is 306 g/mol. The second-order valence-electron chi connectivity index (χ2n) is 5.07. The number of hydrogen-bond donors (Lipinski definition) is 4. The van der Waals surface area contributed by atoms with Gasteiger partial charge in [0.15, 0.2) is 0 Å². The molecule has 22 heavy (non-hydrogen) atoms. The lowest BCUT2D eigenvalue weighted by molar-refractivity contribution is -0.222. The highest BCUT2D eigenvalue weighted by Gasteiger charge is 2.60. The smallest absolute Gasteiger partial charge is 0.330 e. The number of rotatable bonds is 3. The number of H-pyrrole nitrogens is 1. The number of alkyl halides is 1. The van der Waals surface area contributed by atoms with Crippen molar-refractivity contribution < 1.29 is 24.4 Å². The predicted molar refractivity (Wildman–Crippen MR) is 73.0 cm³/mol. The van der Waals surface area contributed by atoms with Crippen LogP contribution in [0.5, 0.6) is 0 Å². The Morgan fingerprint density at radius 3 is 2.59 bits per heavy atom. The van der Waals surface area contributed by atoms with Gasteiger partial charge in [0.25, 0.3) is 5.56 Å². The number of aliphatic hydroxyl groups is 3. The molecule has 1 aromatic rings. The van der Waals surface area contributed by atoms with Crippen LogP contribution in [-0.2, 0) is 17.0 Å². The van der Waals surface area contributed by atoms with E-state index in [1.165, 1.54) is 0 Å². The summed E-state index contributed by atoms with van der Waals surface area (Å²) in [5.74, 6) is -3.16. The molecule has 0 saturated carbocycles. The normalized spacial score (nSPS) is 32.3. The predicted octanol–water partition coefficient (Wildman–Crippen LogP) is -3.76. The van der Waals surface area contributed by atoms with Crippen LogP contribution < -0.4 is 11.2 Å². The summed E-state index contributed by atoms with van der Waals surface area (Å²) in [7, 11) is 15.8. The minimum Gasteiger partial charge on any atom is -0.403 e. The second-order valence-corrected chi connectivity index (χ2v) is 5.07. The third-order valence-corrected chi connectivity index (χ3v) is 3.42. The Kier molecular flexibility index (Phi) is 3.93. The minimum absolute atomic E-state index is 0.285. The average Bonchev–Trinajstić information content (AvgIpc) is 2.61. The lowest BCUT2D eigenvalue weighted by Gasteiger charge is -2.36. The summed E-state index contributed by atoms with van der Waals surface area (Å²) in [6.07, 6.45) is -1.99. The van der Waals surface area contributed by atoms with Crippen molar-refractivity contribution in [3.63, 3.8) is 0 Å². The van der Waals surface area contributed by atoms with E-state index in [0.29, 0.717) is 4.57 Å². The van der Waals surface area contributed by atoms with Crippen LogP contribution in [0.3, 0.4) is 0 Å². The van der Waals surface area contributed by atoms with E-state index < -0.39 is 47.3 Å². The van der Waals surface area contributed by atoms with Gasteiger partial charge in [-0.3, -0.25) is 14.3 Å². The molecule has 112 valence electrons. The van der Waals surface area contributed by atoms with E-state index in [4.69, 9.17) is 33.4 Å². The molecule has 12 heteroatoms. The van der Waals surface area contributed by atoms with E-state index in [2.05, 4.69) is 0 Å². The Labute approximate surface area is 127 Å². The standard InChI is InChI=1S/C10H10B3FN2O6/c11-9(5(18)1-8(14,22-9)10(12,13)21)16-2-4(3-17)6(19)15-7(16)20/h2,5,17-18,21H,1,3H2,(H,15,19,20)/t5-,8+,9+/m1/s1. The largest absolute Gasteiger partial charge is 0.403 e. The van der Waals surface area contributed by atoms with Gasteiger partial charge in [0.05, 0.1) is 18.3 Å². The van der Waals surface area contributed by atoms with Gasteiger partial charge >= 0.3 is 5.69 Å². The molecule has 1 aromatic heterocycles. The van der Waals surface area contributed by atoms with Gasteiger partial charge in [-0.15, -0.1) is 0 Å². The zero-order valence-corrected chi connectivity index (χ0v) is 11.2. The fourth-order valence-corrected chi connectivity index (χ4v) is 2.10. The van der Waals surface area contributed by atoms with Gasteiger partial charge in [0.1, 0.15) is 29.2 Å². The molecule has 0 aliphatic carbocycles. The molecule has 1 aliphatic heterocycles. The van der Waals surface area contributed by atoms with Gasteiger partial charge in [-0.05, 0) is 0 Å². The van der Waals surface area contributed by atoms with E-state index in [9.17, 15) is 24.2 Å². The van der Waals surface area contributed by atoms with Crippen LogP contribution in [0.15, 0.2) is 15.8 Å². The van der Waals surface area contributed by atoms with Crippen molar-refractivity contribution in [2.24, 2.45) is 0 Å². The summed E-state index contributed by atoms with van der Waals surface area (Å²) < 4.78 is 19.7. The third-order valence-electron chi connectivity index (χ3n) is 3.42. The van der Waals surface area contributed by atoms with Crippen LogP contribution >= 0.6 is 0 Å². The first kappa shape index (κ1) is 17.0. The monoisotopic (exact) mass is 306 g/mol. The fraction of sp³-hybridized carbons (Fsp3) is 0.600. The van der Waals surface area contributed by atoms with Gasteiger partial charge < -0.3 is 20.1 Å². The molecule has 6 radical (unpaired) electrons. The van der Waals surface area contributed by atoms with Crippen molar-refractivity contribution in [3.8, 4) is 0 Å². The van der Waals surface area contributed by atoms with Crippen molar-refractivity contribution in [3.05, 3.63) is 32.6 Å². The third kappa shape index (κ3) is 2.45. The molecular formula is C10H10B3FN2O6. The van der Waals surface area contributed by atoms with Crippen molar-refractivity contribution >= 4 is 23.5 Å². The van der Waals surface area contributed by atoms with Crippen LogP contribution in [0, 0.1) is 0 Å². The molecule has 2 rings (SSSR count). The Bertz CT molecular complexity index is 703. The highest BCUT2D eigenvalue weighted by atomic mass is 19.2. The Morgan fingerprint density at radius 1 is 1.55 bits per heavy atom. The van der Waals surface area contributed by atoms with Crippen molar-refractivity contribution in [1.29, 1.82) is 0 Å². The molecule has 8 nitrogen and oxygen atoms in total. The van der Waals surface area contributed by atoms with Crippen LogP contribution in [0.1, 0.15) is 12.0 Å². The maximum atomic E-state index is 14.4. The summed E-state index contributed by atoms with van der Waals surface area (Å²) in [6.45, 7) is -0.750. The first-order chi connectivity index (χ1) is 9.94. The number of ether oxygens (including phenoxy) is 1. The minimum atomic E-state index is -3.16. The molecule has 3 atom stereocenters. The number of aliphatic hydroxyl groups excluding tert-OH is 2. The van der Waals surface area contributed by atoms with E-state index in [1.54, 1.807) is 0 Å². The molecule has 2 heterocycles. The van der Waals surface area contributed by atoms with Crippen LogP contribution in [-0.4, -0.2) is 65.8 Å². The lowest BCUT2D eigenvalue weighted by atomic mass is 9.60. The van der Waals surface area contributed by atoms with Gasteiger partial charge in [-0.1, -0.05) is 0 Å². The molecule has 0 bridgehead atoms. The topological polar surface area (TPSA) is 125 Å². The number of aromatic amines is 1. The van der Waals surface area contributed by atoms with Gasteiger partial charge in [0.2, 0.25) is 5.85 Å². The highest BCUT2D eigenvalue weighted by Crippen LogP contribution is 2.44. The fourth-order valence-electron chi connectivity index (χ4n) is 2.10. The van der Waals surface area contributed by atoms with E-state index in [0.717, 1.165) is 6.20 Å². The van der Waals surface area contributed by atoms with Crippen molar-refractivity contribution in [2.45, 2.75) is 36.0 Å². The molecule has 1 aliphatic rings. The van der Waals surface area contributed by atoms with Gasteiger partial charge in [-0.25, -0.2) is 9.18 Å². The SMILES string of the molecule is [B]C([B])(O)[C@]1(F)C[C@@H](O)[C@]([B])(n2cc(CO)c(=O)[nH]c2=O)O1. The van der Waals surface area contributed by atoms with Crippen LogP contribution in [0.25, 0.3) is 0 Å². The Morgan fingerprint density at radius 2 is 2.14 bits per heavy atom. The molecule has 0 aromatic carbocycles. The number of hydrogen-bond acceptors (Lipinski definition) is 6. The molecule has 1 saturated heterocycles. The van der Waals surface area contributed by atoms with Crippen LogP contribution in [0.2, 0.25) is 0 Å². The number of halogens is 1. The summed E-state index contributed by atoms with van der Waals surface area (Å²) in [6, 6.07) is 0. The zero-order chi connectivity index (χ0) is 16.9. The van der Waals surface area contributed by atoms with Crippen molar-refractivity contribution in [2.75, 3.05) is 0 Å². The zero-order valence-electron chi connectivity index (χ0n) is 11.2. The maximum Gasteiger partial charge on any atom is 0.330 e. The molecule has 0 amide bonds. The summed E-state index contributed by atoms with van der Waals surface area (Å²) in [5.41, 5.74) is -4.81. The summed E-state index contributed by atoms with van der Waals surface area (Å²) in [4.78, 5) is 25.0.